The number of nitrogens with zero attached hydrogens (tertiary/aromatic N) is 3. The van der Waals surface area contributed by atoms with Crippen molar-refractivity contribution in [3.63, 3.8) is 0 Å². The van der Waals surface area contributed by atoms with E-state index in [9.17, 15) is 19.2 Å². The molecule has 2 amide bonds. The summed E-state index contributed by atoms with van der Waals surface area (Å²) < 4.78 is 12.4. The molecular weight excluding hydrogens is 474 g/mol. The van der Waals surface area contributed by atoms with Gasteiger partial charge in [0.05, 0.1) is 11.6 Å². The number of likely N-dealkylation sites (N-methyl/N-ethyl adjacent to an activating group) is 2. The number of Topliss-reactive ketones (excluding diaryl/α,β-unsaturated/α-hetero) is 1. The van der Waals surface area contributed by atoms with Crippen LogP contribution in [0.5, 0.6) is 0 Å². The van der Waals surface area contributed by atoms with Gasteiger partial charge in [0, 0.05) is 38.5 Å². The second-order valence-electron chi connectivity index (χ2n) is 11.3. The molecule has 9 nitrogen and oxygen atoms in total. The highest BCUT2D eigenvalue weighted by atomic mass is 16.6. The molecule has 1 aromatic carbocycles. The van der Waals surface area contributed by atoms with Gasteiger partial charge in [-0.2, -0.15) is 0 Å². The van der Waals surface area contributed by atoms with Gasteiger partial charge in [0.25, 0.3) is 5.91 Å². The Hall–Kier alpha value is -3.36. The summed E-state index contributed by atoms with van der Waals surface area (Å²) in [7, 11) is 3.07. The maximum Gasteiger partial charge on any atom is 0.410 e. The van der Waals surface area contributed by atoms with E-state index in [1.165, 1.54) is 21.4 Å². The number of ether oxygens (including phenoxy) is 2. The predicted octanol–water partition coefficient (Wildman–Crippen LogP) is 5.29. The van der Waals surface area contributed by atoms with Crippen LogP contribution in [0.1, 0.15) is 72.2 Å². The van der Waals surface area contributed by atoms with Crippen LogP contribution in [0, 0.1) is 0 Å². The lowest BCUT2D eigenvalue weighted by atomic mass is 9.99. The second-order valence-corrected chi connectivity index (χ2v) is 11.3. The fourth-order valence-electron chi connectivity index (χ4n) is 3.83. The van der Waals surface area contributed by atoms with Crippen molar-refractivity contribution in [2.45, 2.75) is 91.5 Å². The third kappa shape index (κ3) is 7.57. The van der Waals surface area contributed by atoms with Gasteiger partial charge in [0.1, 0.15) is 17.2 Å². The molecule has 0 saturated carbocycles. The first-order chi connectivity index (χ1) is 17.0. The van der Waals surface area contributed by atoms with Crippen LogP contribution in [0.25, 0.3) is 10.9 Å². The molecule has 9 heteroatoms. The summed E-state index contributed by atoms with van der Waals surface area (Å²) in [6.07, 6.45) is 0.946. The van der Waals surface area contributed by atoms with Gasteiger partial charge in [-0.1, -0.05) is 25.1 Å². The van der Waals surface area contributed by atoms with E-state index in [1.54, 1.807) is 68.6 Å². The Morgan fingerprint density at radius 1 is 0.892 bits per heavy atom. The lowest BCUT2D eigenvalue weighted by molar-refractivity contribution is -0.123. The molecule has 0 spiro atoms. The number of aromatic nitrogens is 1. The number of benzene rings is 1. The quantitative estimate of drug-likeness (QED) is 0.497. The van der Waals surface area contributed by atoms with Crippen molar-refractivity contribution in [2.75, 3.05) is 14.1 Å². The zero-order valence-corrected chi connectivity index (χ0v) is 23.7. The van der Waals surface area contributed by atoms with E-state index in [4.69, 9.17) is 9.47 Å². The molecule has 2 rings (SSSR count). The molecular formula is C28H41N3O6. The van der Waals surface area contributed by atoms with Crippen molar-refractivity contribution < 1.29 is 28.7 Å². The lowest BCUT2D eigenvalue weighted by Crippen LogP contribution is -2.46. The third-order valence-electron chi connectivity index (χ3n) is 5.93. The number of para-hydroxylation sites is 1. The van der Waals surface area contributed by atoms with E-state index in [0.29, 0.717) is 5.52 Å². The second kappa shape index (κ2) is 11.4. The maximum absolute atomic E-state index is 13.5. The van der Waals surface area contributed by atoms with Gasteiger partial charge >= 0.3 is 12.2 Å². The minimum Gasteiger partial charge on any atom is -0.444 e. The average Bonchev–Trinajstić information content (AvgIpc) is 3.16. The van der Waals surface area contributed by atoms with E-state index in [1.807, 2.05) is 24.3 Å². The molecule has 0 radical (unpaired) electrons. The van der Waals surface area contributed by atoms with E-state index in [0.717, 1.165) is 10.9 Å². The number of rotatable bonds is 7. The monoisotopic (exact) mass is 515 g/mol. The summed E-state index contributed by atoms with van der Waals surface area (Å²) in [5.41, 5.74) is -0.0142. The van der Waals surface area contributed by atoms with Gasteiger partial charge in [0.2, 0.25) is 0 Å². The van der Waals surface area contributed by atoms with Gasteiger partial charge in [-0.05, 0) is 60.1 Å². The molecule has 0 N–H and O–H groups in total. The Morgan fingerprint density at radius 2 is 1.41 bits per heavy atom. The summed E-state index contributed by atoms with van der Waals surface area (Å²) >= 11 is 0. The molecule has 0 saturated heterocycles. The number of fused-ring (bicyclic) bond motifs is 1. The minimum atomic E-state index is -0.809. The summed E-state index contributed by atoms with van der Waals surface area (Å²) in [5, 5.41) is 0.787. The topological polar surface area (TPSA) is 98.1 Å². The first-order valence-corrected chi connectivity index (χ1v) is 12.5. The molecule has 0 bridgehead atoms. The first kappa shape index (κ1) is 29.9. The van der Waals surface area contributed by atoms with Crippen LogP contribution in [-0.2, 0) is 20.7 Å². The third-order valence-corrected chi connectivity index (χ3v) is 5.93. The lowest BCUT2D eigenvalue weighted by Gasteiger charge is -2.30. The van der Waals surface area contributed by atoms with Crippen LogP contribution in [0.2, 0.25) is 0 Å². The molecule has 0 aliphatic heterocycles. The molecule has 37 heavy (non-hydrogen) atoms. The molecule has 0 aliphatic carbocycles. The number of carbonyl (C=O) groups is 4. The number of ketones is 1. The van der Waals surface area contributed by atoms with Crippen LogP contribution in [0.3, 0.4) is 0 Å². The number of amides is 2. The highest BCUT2D eigenvalue weighted by Crippen LogP contribution is 2.26. The van der Waals surface area contributed by atoms with Gasteiger partial charge in [-0.15, -0.1) is 0 Å². The number of hydrogen-bond acceptors (Lipinski definition) is 6. The summed E-state index contributed by atoms with van der Waals surface area (Å²) in [6, 6.07) is 5.78. The van der Waals surface area contributed by atoms with Crippen molar-refractivity contribution in [1.82, 2.24) is 14.4 Å². The SMILES string of the molecule is CCC(=O)C(Cc1cn(C(=O)C(C)N(C)C(=O)OC(C)(C)C)c2ccccc12)N(C)C(=O)OC(C)(C)C. The standard InChI is InChI=1S/C28H41N3O6/c1-11-23(32)22(30(10)26(35)37-28(6,7)8)16-19-17-31(21-15-13-12-14-20(19)21)24(33)18(2)29(9)25(34)36-27(3,4)5/h12-15,17-18,22H,11,16H2,1-10H3. The number of hydrogen-bond donors (Lipinski definition) is 0. The highest BCUT2D eigenvalue weighted by molar-refractivity contribution is 5.98. The van der Waals surface area contributed by atoms with E-state index in [-0.39, 0.29) is 24.5 Å². The normalized spacial score (nSPS) is 13.6. The molecule has 1 aromatic heterocycles. The fraction of sp³-hybridized carbons (Fsp3) is 0.571. The molecule has 2 aromatic rings. The smallest absolute Gasteiger partial charge is 0.410 e. The zero-order valence-electron chi connectivity index (χ0n) is 23.7. The highest BCUT2D eigenvalue weighted by Gasteiger charge is 2.32. The summed E-state index contributed by atoms with van der Waals surface area (Å²) in [4.78, 5) is 54.3. The minimum absolute atomic E-state index is 0.116. The van der Waals surface area contributed by atoms with E-state index in [2.05, 4.69) is 0 Å². The van der Waals surface area contributed by atoms with E-state index >= 15 is 0 Å². The van der Waals surface area contributed by atoms with Crippen molar-refractivity contribution in [1.29, 1.82) is 0 Å². The van der Waals surface area contributed by atoms with Gasteiger partial charge in [-0.3, -0.25) is 19.1 Å². The molecule has 2 atom stereocenters. The summed E-state index contributed by atoms with van der Waals surface area (Å²) in [5.74, 6) is -0.441. The summed E-state index contributed by atoms with van der Waals surface area (Å²) in [6.45, 7) is 14.0. The molecule has 0 fully saturated rings. The van der Waals surface area contributed by atoms with Crippen LogP contribution < -0.4 is 0 Å². The maximum atomic E-state index is 13.5. The molecule has 1 heterocycles. The van der Waals surface area contributed by atoms with Gasteiger partial charge < -0.3 is 14.4 Å². The Kier molecular flexibility index (Phi) is 9.17. The van der Waals surface area contributed by atoms with Crippen LogP contribution >= 0.6 is 0 Å². The van der Waals surface area contributed by atoms with Crippen molar-refractivity contribution in [3.05, 3.63) is 36.0 Å². The first-order valence-electron chi connectivity index (χ1n) is 12.5. The zero-order chi connectivity index (χ0) is 28.3. The van der Waals surface area contributed by atoms with Gasteiger partial charge in [0.15, 0.2) is 5.78 Å². The van der Waals surface area contributed by atoms with E-state index < -0.39 is 35.5 Å². The predicted molar refractivity (Wildman–Crippen MR) is 143 cm³/mol. The largest absolute Gasteiger partial charge is 0.444 e. The molecule has 204 valence electrons. The van der Waals surface area contributed by atoms with Gasteiger partial charge in [-0.25, -0.2) is 9.59 Å². The Bertz CT molecular complexity index is 1150. The Balaban J connectivity index is 2.43. The van der Waals surface area contributed by atoms with Crippen molar-refractivity contribution in [3.8, 4) is 0 Å². The molecule has 2 unspecified atom stereocenters. The van der Waals surface area contributed by atoms with Crippen molar-refractivity contribution in [2.24, 2.45) is 0 Å². The molecule has 0 aliphatic rings. The van der Waals surface area contributed by atoms with Crippen LogP contribution in [0.4, 0.5) is 9.59 Å². The average molecular weight is 516 g/mol. The van der Waals surface area contributed by atoms with Crippen LogP contribution in [-0.4, -0.2) is 75.6 Å². The Labute approximate surface area is 219 Å². The van der Waals surface area contributed by atoms with Crippen molar-refractivity contribution >= 4 is 34.8 Å². The number of carbonyl (C=O) groups excluding carboxylic acids is 4. The van der Waals surface area contributed by atoms with Crippen LogP contribution in [0.15, 0.2) is 30.5 Å². The fourth-order valence-corrected chi connectivity index (χ4v) is 3.83. The Morgan fingerprint density at radius 3 is 1.92 bits per heavy atom.